The Morgan fingerprint density at radius 3 is 2.66 bits per heavy atom. The molecule has 0 aliphatic carbocycles. The van der Waals surface area contributed by atoms with E-state index in [2.05, 4.69) is 10.3 Å². The maximum absolute atomic E-state index is 12.1. The lowest BCUT2D eigenvalue weighted by atomic mass is 9.98. The van der Waals surface area contributed by atoms with Crippen molar-refractivity contribution in [3.8, 4) is 0 Å². The summed E-state index contributed by atoms with van der Waals surface area (Å²) < 4.78 is 11.8. The summed E-state index contributed by atoms with van der Waals surface area (Å²) in [5.74, 6) is -0.599. The van der Waals surface area contributed by atoms with Crippen LogP contribution in [-0.4, -0.2) is 63.7 Å². The summed E-state index contributed by atoms with van der Waals surface area (Å²) in [4.78, 5) is 38.1. The molecular formula is C17H23Cl2N3O7. The van der Waals surface area contributed by atoms with Crippen molar-refractivity contribution in [2.24, 2.45) is 5.92 Å². The highest BCUT2D eigenvalue weighted by atomic mass is 35.5. The molecule has 4 N–H and O–H groups in total. The molecule has 0 amide bonds. The standard InChI is InChI=1S/C17H22ClN3O7.ClH/c18-4-1-10-7-21(17(26)20-14(10)24)15-13(23)12(22)11(28-15)8-27-16(25)9-2-5-19-6-3-9;/h1,4,7,9,11-13,15,19,22-23H,2-3,5-6,8H2,(H,20,24,26);1H/b4-1+;. The van der Waals surface area contributed by atoms with Crippen LogP contribution in [0.15, 0.2) is 21.3 Å². The van der Waals surface area contributed by atoms with Gasteiger partial charge in [-0.2, -0.15) is 0 Å². The molecule has 29 heavy (non-hydrogen) atoms. The van der Waals surface area contributed by atoms with Crippen LogP contribution in [0.4, 0.5) is 0 Å². The molecule has 1 aromatic heterocycles. The third kappa shape index (κ3) is 5.27. The fourth-order valence-electron chi connectivity index (χ4n) is 3.31. The molecule has 162 valence electrons. The number of H-pyrrole nitrogens is 1. The number of nitrogens with zero attached hydrogens (tertiary/aromatic N) is 1. The molecule has 4 atom stereocenters. The van der Waals surface area contributed by atoms with E-state index in [1.54, 1.807) is 0 Å². The van der Waals surface area contributed by atoms with E-state index in [1.807, 2.05) is 0 Å². The third-order valence-electron chi connectivity index (χ3n) is 4.91. The predicted molar refractivity (Wildman–Crippen MR) is 106 cm³/mol. The molecule has 4 unspecified atom stereocenters. The summed E-state index contributed by atoms with van der Waals surface area (Å²) >= 11 is 5.48. The largest absolute Gasteiger partial charge is 0.463 e. The van der Waals surface area contributed by atoms with Gasteiger partial charge in [0, 0.05) is 11.7 Å². The van der Waals surface area contributed by atoms with E-state index in [-0.39, 0.29) is 36.5 Å². The van der Waals surface area contributed by atoms with Crippen molar-refractivity contribution in [1.82, 2.24) is 14.9 Å². The number of aromatic amines is 1. The molecule has 1 aromatic rings. The second kappa shape index (κ2) is 10.4. The number of aliphatic hydroxyl groups is 2. The molecule has 10 nitrogen and oxygen atoms in total. The third-order valence-corrected chi connectivity index (χ3v) is 5.04. The summed E-state index contributed by atoms with van der Waals surface area (Å²) in [5, 5.41) is 23.7. The summed E-state index contributed by atoms with van der Waals surface area (Å²) in [5.41, 5.74) is -0.303. The molecule has 3 heterocycles. The minimum atomic E-state index is -1.46. The highest BCUT2D eigenvalue weighted by Gasteiger charge is 2.45. The molecule has 0 aromatic carbocycles. The van der Waals surface area contributed by atoms with Gasteiger partial charge < -0.3 is 25.0 Å². The number of hydrogen-bond donors (Lipinski definition) is 4. The van der Waals surface area contributed by atoms with Crippen LogP contribution in [0, 0.1) is 5.92 Å². The zero-order chi connectivity index (χ0) is 20.3. The van der Waals surface area contributed by atoms with Gasteiger partial charge in [-0.15, -0.1) is 12.4 Å². The van der Waals surface area contributed by atoms with Gasteiger partial charge in [0.1, 0.15) is 24.9 Å². The molecule has 0 bridgehead atoms. The van der Waals surface area contributed by atoms with Crippen molar-refractivity contribution in [3.05, 3.63) is 38.1 Å². The fourth-order valence-corrected chi connectivity index (χ4v) is 3.45. The first-order valence-electron chi connectivity index (χ1n) is 8.93. The second-order valence-electron chi connectivity index (χ2n) is 6.74. The van der Waals surface area contributed by atoms with Gasteiger partial charge in [0.15, 0.2) is 6.23 Å². The summed E-state index contributed by atoms with van der Waals surface area (Å²) in [6, 6.07) is 0. The summed E-state index contributed by atoms with van der Waals surface area (Å²) in [7, 11) is 0. The highest BCUT2D eigenvalue weighted by Crippen LogP contribution is 2.29. The number of carbonyl (C=O) groups excluding carboxylic acids is 1. The minimum absolute atomic E-state index is 0. The van der Waals surface area contributed by atoms with Gasteiger partial charge in [-0.1, -0.05) is 11.6 Å². The predicted octanol–water partition coefficient (Wildman–Crippen LogP) is -0.670. The first kappa shape index (κ1) is 23.6. The van der Waals surface area contributed by atoms with Gasteiger partial charge in [-0.05, 0) is 32.0 Å². The van der Waals surface area contributed by atoms with E-state index in [9.17, 15) is 24.6 Å². The quantitative estimate of drug-likeness (QED) is 0.431. The molecule has 0 spiro atoms. The van der Waals surface area contributed by atoms with Crippen molar-refractivity contribution in [3.63, 3.8) is 0 Å². The Labute approximate surface area is 176 Å². The summed E-state index contributed by atoms with van der Waals surface area (Å²) in [6.07, 6.45) is -1.34. The van der Waals surface area contributed by atoms with Crippen LogP contribution in [0.5, 0.6) is 0 Å². The molecule has 0 saturated carbocycles. The number of hydrogen-bond acceptors (Lipinski definition) is 8. The van der Waals surface area contributed by atoms with Crippen LogP contribution in [0.25, 0.3) is 6.08 Å². The minimum Gasteiger partial charge on any atom is -0.463 e. The van der Waals surface area contributed by atoms with Crippen LogP contribution in [0.3, 0.4) is 0 Å². The van der Waals surface area contributed by atoms with Gasteiger partial charge in [-0.25, -0.2) is 4.79 Å². The Morgan fingerprint density at radius 1 is 1.31 bits per heavy atom. The van der Waals surface area contributed by atoms with Crippen molar-refractivity contribution in [2.75, 3.05) is 19.7 Å². The SMILES string of the molecule is Cl.O=C(OCC1OC(n2cc(/C=C/Cl)c(=O)[nH]c2=O)C(O)C1O)C1CCNCC1. The first-order valence-corrected chi connectivity index (χ1v) is 9.37. The average molecular weight is 452 g/mol. The number of piperidine rings is 1. The lowest BCUT2D eigenvalue weighted by Gasteiger charge is -2.22. The monoisotopic (exact) mass is 451 g/mol. The smallest absolute Gasteiger partial charge is 0.330 e. The van der Waals surface area contributed by atoms with Crippen LogP contribution in [0.2, 0.25) is 0 Å². The van der Waals surface area contributed by atoms with E-state index >= 15 is 0 Å². The lowest BCUT2D eigenvalue weighted by Crippen LogP contribution is -2.38. The first-order chi connectivity index (χ1) is 13.4. The van der Waals surface area contributed by atoms with Crippen molar-refractivity contribution in [2.45, 2.75) is 37.4 Å². The van der Waals surface area contributed by atoms with Crippen LogP contribution >= 0.6 is 24.0 Å². The van der Waals surface area contributed by atoms with E-state index in [4.69, 9.17) is 21.1 Å². The Morgan fingerprint density at radius 2 is 2.00 bits per heavy atom. The number of nitrogens with one attached hydrogen (secondary N) is 2. The van der Waals surface area contributed by atoms with Crippen molar-refractivity contribution in [1.29, 1.82) is 0 Å². The molecule has 12 heteroatoms. The normalized spacial score (nSPS) is 27.7. The lowest BCUT2D eigenvalue weighted by molar-refractivity contribution is -0.155. The van der Waals surface area contributed by atoms with E-state index in [0.29, 0.717) is 12.8 Å². The van der Waals surface area contributed by atoms with Gasteiger partial charge in [-0.3, -0.25) is 19.1 Å². The Balaban J connectivity index is 0.00000300. The fraction of sp³-hybridized carbons (Fsp3) is 0.588. The highest BCUT2D eigenvalue weighted by molar-refractivity contribution is 6.27. The number of esters is 1. The van der Waals surface area contributed by atoms with Crippen LogP contribution in [-0.2, 0) is 14.3 Å². The van der Waals surface area contributed by atoms with Crippen molar-refractivity contribution >= 4 is 36.1 Å². The Hall–Kier alpha value is -1.69. The second-order valence-corrected chi connectivity index (χ2v) is 7.00. The maximum Gasteiger partial charge on any atom is 0.330 e. The zero-order valence-corrected chi connectivity index (χ0v) is 16.9. The molecular weight excluding hydrogens is 429 g/mol. The number of halogens is 2. The molecule has 2 aliphatic rings. The van der Waals surface area contributed by atoms with Gasteiger partial charge in [0.05, 0.1) is 11.5 Å². The number of rotatable bonds is 5. The van der Waals surface area contributed by atoms with E-state index in [0.717, 1.165) is 23.2 Å². The van der Waals surface area contributed by atoms with E-state index < -0.39 is 35.8 Å². The van der Waals surface area contributed by atoms with Gasteiger partial charge >= 0.3 is 11.7 Å². The number of aliphatic hydroxyl groups excluding tert-OH is 2. The molecule has 2 aliphatic heterocycles. The van der Waals surface area contributed by atoms with Crippen LogP contribution < -0.4 is 16.6 Å². The Bertz CT molecular complexity index is 850. The topological polar surface area (TPSA) is 143 Å². The molecule has 0 radical (unpaired) electrons. The van der Waals surface area contributed by atoms with Crippen molar-refractivity contribution < 1.29 is 24.5 Å². The maximum atomic E-state index is 12.1. The molecule has 2 fully saturated rings. The number of ether oxygens (including phenoxy) is 2. The molecule has 3 rings (SSSR count). The molecule has 2 saturated heterocycles. The summed E-state index contributed by atoms with van der Waals surface area (Å²) in [6.45, 7) is 1.21. The van der Waals surface area contributed by atoms with Crippen LogP contribution in [0.1, 0.15) is 24.6 Å². The van der Waals surface area contributed by atoms with Gasteiger partial charge in [0.2, 0.25) is 0 Å². The number of carbonyl (C=O) groups is 1. The average Bonchev–Trinajstić information content (AvgIpc) is 2.97. The van der Waals surface area contributed by atoms with Gasteiger partial charge in [0.25, 0.3) is 5.56 Å². The Kier molecular flexibility index (Phi) is 8.44. The zero-order valence-electron chi connectivity index (χ0n) is 15.3. The number of aromatic nitrogens is 2. The van der Waals surface area contributed by atoms with E-state index in [1.165, 1.54) is 12.3 Å².